The SMILES string of the molecule is BrCCc1cc2c(cc1CCBr)CCCC2. The van der Waals surface area contributed by atoms with E-state index in [1.165, 1.54) is 25.7 Å². The van der Waals surface area contributed by atoms with Crippen molar-refractivity contribution in [1.29, 1.82) is 0 Å². The van der Waals surface area contributed by atoms with E-state index in [1.807, 2.05) is 0 Å². The molecule has 0 aromatic heterocycles. The molecule has 1 aliphatic rings. The van der Waals surface area contributed by atoms with Crippen LogP contribution in [0.2, 0.25) is 0 Å². The molecular weight excluding hydrogens is 328 g/mol. The number of alkyl halides is 2. The first-order chi connectivity index (χ1) is 7.85. The molecular formula is C14H18Br2. The Morgan fingerprint density at radius 3 is 1.62 bits per heavy atom. The summed E-state index contributed by atoms with van der Waals surface area (Å²) in [4.78, 5) is 0. The number of aryl methyl sites for hydroxylation is 4. The second kappa shape index (κ2) is 6.20. The van der Waals surface area contributed by atoms with Gasteiger partial charge in [0, 0.05) is 10.7 Å². The first kappa shape index (κ1) is 12.6. The molecule has 0 radical (unpaired) electrons. The number of rotatable bonds is 4. The van der Waals surface area contributed by atoms with Gasteiger partial charge in [-0.25, -0.2) is 0 Å². The molecule has 2 rings (SSSR count). The molecule has 0 N–H and O–H groups in total. The van der Waals surface area contributed by atoms with Crippen LogP contribution in [0.1, 0.15) is 35.1 Å². The molecule has 88 valence electrons. The number of benzene rings is 1. The summed E-state index contributed by atoms with van der Waals surface area (Å²) in [5.74, 6) is 0. The Kier molecular flexibility index (Phi) is 4.90. The first-order valence-electron chi connectivity index (χ1n) is 6.10. The molecule has 1 aromatic rings. The molecule has 0 nitrogen and oxygen atoms in total. The molecule has 0 bridgehead atoms. The average Bonchev–Trinajstić information content (AvgIpc) is 2.30. The van der Waals surface area contributed by atoms with E-state index < -0.39 is 0 Å². The van der Waals surface area contributed by atoms with Gasteiger partial charge in [-0.05, 0) is 60.8 Å². The molecule has 1 aromatic carbocycles. The van der Waals surface area contributed by atoms with Crippen molar-refractivity contribution in [2.24, 2.45) is 0 Å². The zero-order valence-electron chi connectivity index (χ0n) is 9.57. The van der Waals surface area contributed by atoms with Gasteiger partial charge in [-0.2, -0.15) is 0 Å². The van der Waals surface area contributed by atoms with Gasteiger partial charge < -0.3 is 0 Å². The van der Waals surface area contributed by atoms with E-state index in [4.69, 9.17) is 0 Å². The minimum atomic E-state index is 1.07. The summed E-state index contributed by atoms with van der Waals surface area (Å²) in [5, 5.41) is 2.14. The van der Waals surface area contributed by atoms with Gasteiger partial charge in [-0.15, -0.1) is 0 Å². The minimum Gasteiger partial charge on any atom is -0.0924 e. The Bertz CT molecular complexity index is 323. The highest BCUT2D eigenvalue weighted by Gasteiger charge is 2.12. The number of hydrogen-bond acceptors (Lipinski definition) is 0. The quantitative estimate of drug-likeness (QED) is 0.707. The van der Waals surface area contributed by atoms with Gasteiger partial charge in [0.1, 0.15) is 0 Å². The fourth-order valence-corrected chi connectivity index (χ4v) is 3.41. The summed E-state index contributed by atoms with van der Waals surface area (Å²) in [5.41, 5.74) is 6.33. The van der Waals surface area contributed by atoms with E-state index in [1.54, 1.807) is 22.3 Å². The summed E-state index contributed by atoms with van der Waals surface area (Å²) in [6.07, 6.45) is 7.65. The van der Waals surface area contributed by atoms with Crippen LogP contribution < -0.4 is 0 Å². The van der Waals surface area contributed by atoms with Crippen LogP contribution in [0, 0.1) is 0 Å². The van der Waals surface area contributed by atoms with Crippen LogP contribution in [-0.2, 0) is 25.7 Å². The van der Waals surface area contributed by atoms with Gasteiger partial charge in [0.05, 0.1) is 0 Å². The standard InChI is InChI=1S/C14H18Br2/c15-7-5-13-9-11-3-1-2-4-12(11)10-14(13)6-8-16/h9-10H,1-8H2. The Morgan fingerprint density at radius 1 is 0.812 bits per heavy atom. The molecule has 0 heterocycles. The maximum Gasteiger partial charge on any atom is 0.00719 e. The van der Waals surface area contributed by atoms with Crippen molar-refractivity contribution in [1.82, 2.24) is 0 Å². The predicted octanol–water partition coefficient (Wildman–Crippen LogP) is 4.44. The summed E-state index contributed by atoms with van der Waals surface area (Å²) in [6.45, 7) is 0. The average molecular weight is 346 g/mol. The molecule has 0 aliphatic heterocycles. The topological polar surface area (TPSA) is 0 Å². The van der Waals surface area contributed by atoms with Gasteiger partial charge >= 0.3 is 0 Å². The fraction of sp³-hybridized carbons (Fsp3) is 0.571. The van der Waals surface area contributed by atoms with Crippen LogP contribution in [0.3, 0.4) is 0 Å². The van der Waals surface area contributed by atoms with Crippen molar-refractivity contribution in [3.05, 3.63) is 34.4 Å². The fourth-order valence-electron chi connectivity index (χ4n) is 2.56. The van der Waals surface area contributed by atoms with Crippen molar-refractivity contribution in [3.63, 3.8) is 0 Å². The van der Waals surface area contributed by atoms with Gasteiger partial charge in [0.2, 0.25) is 0 Å². The van der Waals surface area contributed by atoms with Crippen molar-refractivity contribution in [2.45, 2.75) is 38.5 Å². The lowest BCUT2D eigenvalue weighted by atomic mass is 9.87. The molecule has 0 saturated carbocycles. The van der Waals surface area contributed by atoms with Crippen molar-refractivity contribution >= 4 is 31.9 Å². The van der Waals surface area contributed by atoms with Crippen LogP contribution in [0.5, 0.6) is 0 Å². The summed E-state index contributed by atoms with van der Waals surface area (Å²) >= 11 is 7.11. The largest absolute Gasteiger partial charge is 0.0924 e. The Balaban J connectivity index is 2.33. The van der Waals surface area contributed by atoms with Crippen molar-refractivity contribution < 1.29 is 0 Å². The zero-order valence-corrected chi connectivity index (χ0v) is 12.7. The monoisotopic (exact) mass is 344 g/mol. The van der Waals surface area contributed by atoms with Crippen LogP contribution in [0.25, 0.3) is 0 Å². The van der Waals surface area contributed by atoms with E-state index in [0.29, 0.717) is 0 Å². The van der Waals surface area contributed by atoms with Gasteiger partial charge in [-0.1, -0.05) is 44.0 Å². The molecule has 16 heavy (non-hydrogen) atoms. The third-order valence-corrected chi connectivity index (χ3v) is 4.18. The zero-order chi connectivity index (χ0) is 11.4. The van der Waals surface area contributed by atoms with E-state index in [2.05, 4.69) is 44.0 Å². The van der Waals surface area contributed by atoms with Crippen LogP contribution in [-0.4, -0.2) is 10.7 Å². The maximum absolute atomic E-state index is 3.56. The van der Waals surface area contributed by atoms with Gasteiger partial charge in [0.25, 0.3) is 0 Å². The van der Waals surface area contributed by atoms with E-state index in [0.717, 1.165) is 23.5 Å². The highest BCUT2D eigenvalue weighted by molar-refractivity contribution is 9.09. The Labute approximate surface area is 115 Å². The first-order valence-corrected chi connectivity index (χ1v) is 8.35. The number of hydrogen-bond donors (Lipinski definition) is 0. The molecule has 1 aliphatic carbocycles. The molecule has 0 saturated heterocycles. The number of fused-ring (bicyclic) bond motifs is 1. The van der Waals surface area contributed by atoms with Gasteiger partial charge in [0.15, 0.2) is 0 Å². The maximum atomic E-state index is 3.56. The van der Waals surface area contributed by atoms with Crippen LogP contribution in [0.4, 0.5) is 0 Å². The third-order valence-electron chi connectivity index (χ3n) is 3.39. The molecule has 0 spiro atoms. The van der Waals surface area contributed by atoms with E-state index >= 15 is 0 Å². The molecule has 2 heteroatoms. The summed E-state index contributed by atoms with van der Waals surface area (Å²) in [6, 6.07) is 4.93. The number of halogens is 2. The molecule has 0 atom stereocenters. The predicted molar refractivity (Wildman–Crippen MR) is 78.1 cm³/mol. The Morgan fingerprint density at radius 2 is 1.25 bits per heavy atom. The van der Waals surface area contributed by atoms with Crippen LogP contribution in [0.15, 0.2) is 12.1 Å². The Hall–Kier alpha value is 0.180. The molecule has 0 fully saturated rings. The van der Waals surface area contributed by atoms with E-state index in [9.17, 15) is 0 Å². The van der Waals surface area contributed by atoms with Crippen molar-refractivity contribution in [3.8, 4) is 0 Å². The molecule has 0 amide bonds. The lowest BCUT2D eigenvalue weighted by Gasteiger charge is -2.19. The molecule has 0 unspecified atom stereocenters. The third kappa shape index (κ3) is 2.89. The summed E-state index contributed by atoms with van der Waals surface area (Å²) < 4.78 is 0. The van der Waals surface area contributed by atoms with Gasteiger partial charge in [-0.3, -0.25) is 0 Å². The highest BCUT2D eigenvalue weighted by atomic mass is 79.9. The van der Waals surface area contributed by atoms with Crippen LogP contribution >= 0.6 is 31.9 Å². The summed E-state index contributed by atoms with van der Waals surface area (Å²) in [7, 11) is 0. The normalized spacial score (nSPS) is 14.9. The second-order valence-electron chi connectivity index (χ2n) is 4.47. The lowest BCUT2D eigenvalue weighted by Crippen LogP contribution is -2.07. The smallest absolute Gasteiger partial charge is 0.00719 e. The highest BCUT2D eigenvalue weighted by Crippen LogP contribution is 2.26. The van der Waals surface area contributed by atoms with Crippen molar-refractivity contribution in [2.75, 3.05) is 10.7 Å². The second-order valence-corrected chi connectivity index (χ2v) is 6.06. The minimum absolute atomic E-state index is 1.07. The van der Waals surface area contributed by atoms with E-state index in [-0.39, 0.29) is 0 Å². The lowest BCUT2D eigenvalue weighted by molar-refractivity contribution is 0.683.